The van der Waals surface area contributed by atoms with Gasteiger partial charge in [-0.05, 0) is 13.8 Å². The van der Waals surface area contributed by atoms with Crippen LogP contribution in [-0.2, 0) is 14.8 Å². The monoisotopic (exact) mass is 194 g/mol. The molecular formula is C6H14N2O3S. The quantitative estimate of drug-likeness (QED) is 0.613. The van der Waals surface area contributed by atoms with Crippen LogP contribution in [-0.4, -0.2) is 26.1 Å². The highest BCUT2D eigenvalue weighted by molar-refractivity contribution is 7.89. The lowest BCUT2D eigenvalue weighted by atomic mass is 10.3. The Balaban J connectivity index is 3.73. The Labute approximate surface area is 72.4 Å². The molecule has 0 unspecified atom stereocenters. The maximum Gasteiger partial charge on any atom is 0.221 e. The van der Waals surface area contributed by atoms with Crippen molar-refractivity contribution in [3.63, 3.8) is 0 Å². The first-order chi connectivity index (χ1) is 5.31. The Morgan fingerprint density at radius 3 is 2.33 bits per heavy atom. The van der Waals surface area contributed by atoms with Gasteiger partial charge in [0.25, 0.3) is 0 Å². The van der Waals surface area contributed by atoms with Gasteiger partial charge in [0.1, 0.15) is 0 Å². The number of carbonyl (C=O) groups is 1. The maximum atomic E-state index is 10.9. The highest BCUT2D eigenvalue weighted by Crippen LogP contribution is 1.87. The predicted molar refractivity (Wildman–Crippen MR) is 45.9 cm³/mol. The summed E-state index contributed by atoms with van der Waals surface area (Å²) in [6.07, 6.45) is -0.0724. The largest absolute Gasteiger partial charge is 0.354 e. The van der Waals surface area contributed by atoms with Crippen molar-refractivity contribution in [1.82, 2.24) is 5.32 Å². The number of nitrogens with one attached hydrogen (secondary N) is 1. The van der Waals surface area contributed by atoms with E-state index >= 15 is 0 Å². The van der Waals surface area contributed by atoms with E-state index in [-0.39, 0.29) is 24.1 Å². The third-order valence-corrected chi connectivity index (χ3v) is 1.84. The number of sulfonamides is 1. The first-order valence-corrected chi connectivity index (χ1v) is 5.32. The summed E-state index contributed by atoms with van der Waals surface area (Å²) in [4.78, 5) is 10.9. The number of amides is 1. The summed E-state index contributed by atoms with van der Waals surface area (Å²) >= 11 is 0. The Morgan fingerprint density at radius 1 is 1.50 bits per heavy atom. The molecule has 0 aromatic carbocycles. The lowest BCUT2D eigenvalue weighted by Crippen LogP contribution is -2.32. The van der Waals surface area contributed by atoms with Gasteiger partial charge in [-0.1, -0.05) is 0 Å². The maximum absolute atomic E-state index is 10.9. The summed E-state index contributed by atoms with van der Waals surface area (Å²) in [6, 6.07) is 0.0259. The van der Waals surface area contributed by atoms with Gasteiger partial charge in [-0.3, -0.25) is 4.79 Å². The molecule has 0 aromatic heterocycles. The van der Waals surface area contributed by atoms with Gasteiger partial charge in [0.05, 0.1) is 5.75 Å². The van der Waals surface area contributed by atoms with Gasteiger partial charge in [-0.2, -0.15) is 0 Å². The fourth-order valence-corrected chi connectivity index (χ4v) is 1.10. The van der Waals surface area contributed by atoms with Gasteiger partial charge >= 0.3 is 0 Å². The molecular weight excluding hydrogens is 180 g/mol. The van der Waals surface area contributed by atoms with Crippen molar-refractivity contribution in [1.29, 1.82) is 0 Å². The molecule has 0 saturated heterocycles. The molecule has 0 heterocycles. The smallest absolute Gasteiger partial charge is 0.221 e. The Morgan fingerprint density at radius 2 is 2.00 bits per heavy atom. The molecule has 1 amide bonds. The number of primary sulfonamides is 1. The van der Waals surface area contributed by atoms with Gasteiger partial charge in [0.15, 0.2) is 0 Å². The van der Waals surface area contributed by atoms with Crippen LogP contribution in [0.15, 0.2) is 0 Å². The first kappa shape index (κ1) is 11.4. The van der Waals surface area contributed by atoms with Crippen LogP contribution in [0.4, 0.5) is 0 Å². The minimum atomic E-state index is -3.52. The molecule has 3 N–H and O–H groups in total. The summed E-state index contributed by atoms with van der Waals surface area (Å²) < 4.78 is 20.8. The highest BCUT2D eigenvalue weighted by Gasteiger charge is 2.08. The second-order valence-electron chi connectivity index (χ2n) is 2.84. The number of carbonyl (C=O) groups excluding carboxylic acids is 1. The fraction of sp³-hybridized carbons (Fsp3) is 0.833. The van der Waals surface area contributed by atoms with Gasteiger partial charge in [-0.25, -0.2) is 13.6 Å². The zero-order valence-corrected chi connectivity index (χ0v) is 8.02. The molecule has 0 aliphatic heterocycles. The van der Waals surface area contributed by atoms with Crippen molar-refractivity contribution in [2.24, 2.45) is 5.14 Å². The molecule has 0 saturated carbocycles. The van der Waals surface area contributed by atoms with Crippen molar-refractivity contribution in [3.8, 4) is 0 Å². The molecule has 0 bridgehead atoms. The zero-order chi connectivity index (χ0) is 9.78. The molecule has 5 nitrogen and oxygen atoms in total. The summed E-state index contributed by atoms with van der Waals surface area (Å²) in [6.45, 7) is 3.60. The van der Waals surface area contributed by atoms with Crippen LogP contribution < -0.4 is 10.5 Å². The third-order valence-electron chi connectivity index (χ3n) is 1.06. The van der Waals surface area contributed by atoms with Crippen molar-refractivity contribution < 1.29 is 13.2 Å². The standard InChI is InChI=1S/C6H14N2O3S/c1-5(2)8-6(9)3-4-12(7,10)11/h5H,3-4H2,1-2H3,(H,8,9)(H2,7,10,11). The Bertz CT molecular complexity index is 246. The second-order valence-corrected chi connectivity index (χ2v) is 4.57. The van der Waals surface area contributed by atoms with Gasteiger partial charge < -0.3 is 5.32 Å². The average molecular weight is 194 g/mol. The number of rotatable bonds is 4. The highest BCUT2D eigenvalue weighted by atomic mass is 32.2. The van der Waals surface area contributed by atoms with Crippen LogP contribution in [0.5, 0.6) is 0 Å². The minimum absolute atomic E-state index is 0.0259. The van der Waals surface area contributed by atoms with E-state index in [9.17, 15) is 13.2 Å². The molecule has 0 spiro atoms. The third kappa shape index (κ3) is 7.49. The Kier molecular flexibility index (Phi) is 4.19. The van der Waals surface area contributed by atoms with Crippen molar-refractivity contribution in [3.05, 3.63) is 0 Å². The fourth-order valence-electron chi connectivity index (χ4n) is 0.629. The van der Waals surface area contributed by atoms with Gasteiger partial charge in [0, 0.05) is 12.5 Å². The Hall–Kier alpha value is -0.620. The van der Waals surface area contributed by atoms with E-state index in [1.54, 1.807) is 13.8 Å². The number of hydrogen-bond donors (Lipinski definition) is 2. The number of hydrogen-bond acceptors (Lipinski definition) is 3. The molecule has 0 atom stereocenters. The summed E-state index contributed by atoms with van der Waals surface area (Å²) in [5.74, 6) is -0.593. The van der Waals surface area contributed by atoms with Crippen LogP contribution in [0.2, 0.25) is 0 Å². The predicted octanol–water partition coefficient (Wildman–Crippen LogP) is -0.810. The van der Waals surface area contributed by atoms with Crippen molar-refractivity contribution in [2.75, 3.05) is 5.75 Å². The summed E-state index contributed by atoms with van der Waals surface area (Å²) in [7, 11) is -3.52. The SMILES string of the molecule is CC(C)NC(=O)CCS(N)(=O)=O. The van der Waals surface area contributed by atoms with E-state index in [2.05, 4.69) is 5.32 Å². The second kappa shape index (κ2) is 4.42. The number of nitrogens with two attached hydrogens (primary N) is 1. The average Bonchev–Trinajstić information content (AvgIpc) is 1.80. The van der Waals surface area contributed by atoms with E-state index < -0.39 is 10.0 Å². The molecule has 0 aliphatic rings. The van der Waals surface area contributed by atoms with E-state index in [0.717, 1.165) is 0 Å². The molecule has 0 aromatic rings. The van der Waals surface area contributed by atoms with Crippen LogP contribution in [0.25, 0.3) is 0 Å². The van der Waals surface area contributed by atoms with Crippen LogP contribution >= 0.6 is 0 Å². The molecule has 0 fully saturated rings. The lowest BCUT2D eigenvalue weighted by Gasteiger charge is -2.06. The van der Waals surface area contributed by atoms with E-state index in [0.29, 0.717) is 0 Å². The summed E-state index contributed by atoms with van der Waals surface area (Å²) in [5, 5.41) is 7.26. The molecule has 0 radical (unpaired) electrons. The lowest BCUT2D eigenvalue weighted by molar-refractivity contribution is -0.121. The molecule has 72 valence electrons. The van der Waals surface area contributed by atoms with Crippen LogP contribution in [0.1, 0.15) is 20.3 Å². The first-order valence-electron chi connectivity index (χ1n) is 3.61. The zero-order valence-electron chi connectivity index (χ0n) is 7.20. The van der Waals surface area contributed by atoms with Crippen molar-refractivity contribution >= 4 is 15.9 Å². The molecule has 6 heteroatoms. The minimum Gasteiger partial charge on any atom is -0.354 e. The normalized spacial score (nSPS) is 11.7. The van der Waals surface area contributed by atoms with Crippen LogP contribution in [0.3, 0.4) is 0 Å². The summed E-state index contributed by atoms with van der Waals surface area (Å²) in [5.41, 5.74) is 0. The van der Waals surface area contributed by atoms with E-state index in [1.165, 1.54) is 0 Å². The molecule has 0 rings (SSSR count). The molecule has 12 heavy (non-hydrogen) atoms. The van der Waals surface area contributed by atoms with E-state index in [1.807, 2.05) is 0 Å². The van der Waals surface area contributed by atoms with Crippen LogP contribution in [0, 0.1) is 0 Å². The molecule has 0 aliphatic carbocycles. The van der Waals surface area contributed by atoms with Gasteiger partial charge in [0.2, 0.25) is 15.9 Å². The van der Waals surface area contributed by atoms with E-state index in [4.69, 9.17) is 5.14 Å². The topological polar surface area (TPSA) is 89.3 Å². The van der Waals surface area contributed by atoms with Crippen molar-refractivity contribution in [2.45, 2.75) is 26.3 Å². The van der Waals surface area contributed by atoms with Gasteiger partial charge in [-0.15, -0.1) is 0 Å².